The van der Waals surface area contributed by atoms with Gasteiger partial charge >= 0.3 is 0 Å². The van der Waals surface area contributed by atoms with Crippen molar-refractivity contribution in [1.29, 1.82) is 0 Å². The van der Waals surface area contributed by atoms with Gasteiger partial charge in [-0.3, -0.25) is 0 Å². The van der Waals surface area contributed by atoms with Gasteiger partial charge in [0, 0.05) is 34.1 Å². The van der Waals surface area contributed by atoms with E-state index in [2.05, 4.69) is 254 Å². The fraction of sp³-hybridized carbons (Fsp3) is 0.0545. The van der Waals surface area contributed by atoms with Gasteiger partial charge in [0.05, 0.1) is 8.07 Å². The minimum Gasteiger partial charge on any atom is -0.311 e. The Morgan fingerprint density at radius 2 is 0.621 bits per heavy atom. The van der Waals surface area contributed by atoms with Crippen molar-refractivity contribution in [2.75, 3.05) is 9.80 Å². The fourth-order valence-corrected chi connectivity index (χ4v) is 8.98. The quantitative estimate of drug-likeness (QED) is 0.128. The summed E-state index contributed by atoms with van der Waals surface area (Å²) in [6, 6.07) is 81.3. The number of fused-ring (bicyclic) bond motifs is 1. The first-order valence-corrected chi connectivity index (χ1v) is 23.6. The maximum atomic E-state index is 2.40. The molecule has 0 spiro atoms. The summed E-state index contributed by atoms with van der Waals surface area (Å²) in [4.78, 5) is 4.67. The Hall–Kier alpha value is -6.94. The van der Waals surface area contributed by atoms with Gasteiger partial charge in [-0.05, 0) is 123 Å². The van der Waals surface area contributed by atoms with E-state index < -0.39 is 8.07 Å². The molecule has 0 radical (unpaired) electrons. The molecular weight excluding hydrogens is 717 g/mol. The topological polar surface area (TPSA) is 6.48 Å². The molecule has 0 fully saturated rings. The Kier molecular flexibility index (Phi) is 10.1. The zero-order valence-corrected chi connectivity index (χ0v) is 34.3. The molecule has 3 heteroatoms. The SMILES string of the molecule is C[Si](C)(C)c1ccc(N(c2ccc(-c3ccc(-c4ccc(N(c5ccccc5)c5ccccc5)cc4)cc3)cc2)c2cccc(-c3ccc4ccccc4c3)c2)cc1. The van der Waals surface area contributed by atoms with Crippen LogP contribution in [0.2, 0.25) is 19.6 Å². The summed E-state index contributed by atoms with van der Waals surface area (Å²) in [5.74, 6) is 0. The van der Waals surface area contributed by atoms with Crippen molar-refractivity contribution in [2.45, 2.75) is 19.6 Å². The summed E-state index contributed by atoms with van der Waals surface area (Å²) in [5.41, 5.74) is 14.0. The summed E-state index contributed by atoms with van der Waals surface area (Å²) in [6.45, 7) is 7.21. The van der Waals surface area contributed by atoms with Gasteiger partial charge in [0.25, 0.3) is 0 Å². The predicted octanol–water partition coefficient (Wildman–Crippen LogP) is 15.3. The average Bonchev–Trinajstić information content (AvgIpc) is 3.28. The van der Waals surface area contributed by atoms with Crippen molar-refractivity contribution in [2.24, 2.45) is 0 Å². The van der Waals surface area contributed by atoms with Crippen molar-refractivity contribution in [1.82, 2.24) is 0 Å². The zero-order valence-electron chi connectivity index (χ0n) is 33.3. The molecule has 280 valence electrons. The highest BCUT2D eigenvalue weighted by atomic mass is 28.3. The molecule has 9 rings (SSSR count). The smallest absolute Gasteiger partial charge is 0.0775 e. The second-order valence-electron chi connectivity index (χ2n) is 15.9. The minimum atomic E-state index is -1.45. The van der Waals surface area contributed by atoms with Crippen LogP contribution in [-0.4, -0.2) is 8.07 Å². The van der Waals surface area contributed by atoms with E-state index in [1.165, 1.54) is 49.3 Å². The summed E-state index contributed by atoms with van der Waals surface area (Å²) in [5, 5.41) is 3.96. The molecule has 0 bridgehead atoms. The third-order valence-electron chi connectivity index (χ3n) is 11.0. The second kappa shape index (κ2) is 15.9. The fourth-order valence-electron chi connectivity index (χ4n) is 7.81. The van der Waals surface area contributed by atoms with Crippen LogP contribution in [0.25, 0.3) is 44.2 Å². The first-order valence-electron chi connectivity index (χ1n) is 20.1. The lowest BCUT2D eigenvalue weighted by molar-refractivity contribution is 1.28. The third kappa shape index (κ3) is 7.73. The molecule has 2 nitrogen and oxygen atoms in total. The number of hydrogen-bond donors (Lipinski definition) is 0. The molecule has 9 aromatic rings. The Labute approximate surface area is 344 Å². The summed E-state index contributed by atoms with van der Waals surface area (Å²) < 4.78 is 0. The molecule has 0 saturated heterocycles. The van der Waals surface area contributed by atoms with Gasteiger partial charge in [0.15, 0.2) is 0 Å². The van der Waals surface area contributed by atoms with Gasteiger partial charge < -0.3 is 9.80 Å². The van der Waals surface area contributed by atoms with E-state index >= 15 is 0 Å². The average molecular weight is 763 g/mol. The molecule has 9 aromatic carbocycles. The summed E-state index contributed by atoms with van der Waals surface area (Å²) >= 11 is 0. The molecule has 0 saturated carbocycles. The number of hydrogen-bond acceptors (Lipinski definition) is 2. The van der Waals surface area contributed by atoms with Crippen molar-refractivity contribution in [3.63, 3.8) is 0 Å². The van der Waals surface area contributed by atoms with Gasteiger partial charge in [-0.1, -0.05) is 170 Å². The van der Waals surface area contributed by atoms with Crippen LogP contribution >= 0.6 is 0 Å². The van der Waals surface area contributed by atoms with Gasteiger partial charge in [0.1, 0.15) is 0 Å². The number of para-hydroxylation sites is 2. The molecule has 0 aromatic heterocycles. The van der Waals surface area contributed by atoms with Crippen LogP contribution in [0.1, 0.15) is 0 Å². The Morgan fingerprint density at radius 3 is 1.12 bits per heavy atom. The molecule has 0 N–H and O–H groups in total. The Bertz CT molecular complexity index is 2730. The van der Waals surface area contributed by atoms with E-state index in [-0.39, 0.29) is 0 Å². The van der Waals surface area contributed by atoms with Gasteiger partial charge in [-0.25, -0.2) is 0 Å². The highest BCUT2D eigenvalue weighted by molar-refractivity contribution is 6.88. The molecule has 0 unspecified atom stereocenters. The van der Waals surface area contributed by atoms with Crippen molar-refractivity contribution >= 4 is 58.2 Å². The zero-order chi connectivity index (χ0) is 39.5. The normalized spacial score (nSPS) is 11.4. The van der Waals surface area contributed by atoms with E-state index in [4.69, 9.17) is 0 Å². The van der Waals surface area contributed by atoms with Crippen LogP contribution in [0.15, 0.2) is 224 Å². The predicted molar refractivity (Wildman–Crippen MR) is 253 cm³/mol. The van der Waals surface area contributed by atoms with E-state index in [0.717, 1.165) is 34.1 Å². The van der Waals surface area contributed by atoms with E-state index in [9.17, 15) is 0 Å². The lowest BCUT2D eigenvalue weighted by Gasteiger charge is -2.27. The maximum absolute atomic E-state index is 2.40. The highest BCUT2D eigenvalue weighted by Gasteiger charge is 2.19. The molecule has 0 aliphatic heterocycles. The van der Waals surface area contributed by atoms with E-state index in [1.807, 2.05) is 0 Å². The highest BCUT2D eigenvalue weighted by Crippen LogP contribution is 2.39. The Morgan fingerprint density at radius 1 is 0.259 bits per heavy atom. The molecule has 0 aliphatic rings. The number of anilines is 6. The van der Waals surface area contributed by atoms with Gasteiger partial charge in [-0.2, -0.15) is 0 Å². The van der Waals surface area contributed by atoms with Crippen molar-refractivity contribution < 1.29 is 0 Å². The number of rotatable bonds is 10. The number of benzene rings is 9. The van der Waals surface area contributed by atoms with E-state index in [0.29, 0.717) is 0 Å². The largest absolute Gasteiger partial charge is 0.311 e. The Balaban J connectivity index is 0.996. The molecule has 58 heavy (non-hydrogen) atoms. The van der Waals surface area contributed by atoms with Crippen LogP contribution in [0, 0.1) is 0 Å². The third-order valence-corrected chi connectivity index (χ3v) is 13.1. The van der Waals surface area contributed by atoms with Gasteiger partial charge in [0.2, 0.25) is 0 Å². The summed E-state index contributed by atoms with van der Waals surface area (Å²) in [7, 11) is -1.45. The van der Waals surface area contributed by atoms with Crippen LogP contribution in [0.3, 0.4) is 0 Å². The molecule has 0 atom stereocenters. The van der Waals surface area contributed by atoms with E-state index in [1.54, 1.807) is 0 Å². The molecule has 0 aliphatic carbocycles. The van der Waals surface area contributed by atoms with Crippen LogP contribution in [0.5, 0.6) is 0 Å². The van der Waals surface area contributed by atoms with Crippen LogP contribution < -0.4 is 15.0 Å². The van der Waals surface area contributed by atoms with Crippen LogP contribution in [-0.2, 0) is 0 Å². The second-order valence-corrected chi connectivity index (χ2v) is 21.0. The first kappa shape index (κ1) is 36.7. The lowest BCUT2D eigenvalue weighted by atomic mass is 9.99. The minimum absolute atomic E-state index is 1.12. The standard InChI is InChI=1S/C55H46N2Si/c1-58(2,3)55-37-35-53(36-38-55)57(54-20-12-15-47(40-54)48-26-25-41-13-10-11-14-46(41)39-48)52-33-29-45(30-34-52)43-23-21-42(22-24-43)44-27-31-51(32-28-44)56(49-16-6-4-7-17-49)50-18-8-5-9-19-50/h4-40H,1-3H3. The van der Waals surface area contributed by atoms with Crippen molar-refractivity contribution in [3.05, 3.63) is 224 Å². The number of nitrogens with zero attached hydrogens (tertiary/aromatic N) is 2. The van der Waals surface area contributed by atoms with Crippen molar-refractivity contribution in [3.8, 4) is 33.4 Å². The van der Waals surface area contributed by atoms with Crippen LogP contribution in [0.4, 0.5) is 34.1 Å². The van der Waals surface area contributed by atoms with Gasteiger partial charge in [-0.15, -0.1) is 0 Å². The summed E-state index contributed by atoms with van der Waals surface area (Å²) in [6.07, 6.45) is 0. The molecule has 0 heterocycles. The first-order chi connectivity index (χ1) is 28.4. The monoisotopic (exact) mass is 762 g/mol. The molecular formula is C55H46N2Si. The maximum Gasteiger partial charge on any atom is 0.0775 e. The molecule has 0 amide bonds. The lowest BCUT2D eigenvalue weighted by Crippen LogP contribution is -2.37.